The van der Waals surface area contributed by atoms with Gasteiger partial charge < -0.3 is 4.90 Å². The zero-order valence-electron chi connectivity index (χ0n) is 9.13. The normalized spacial score (nSPS) is 12.2. The summed E-state index contributed by atoms with van der Waals surface area (Å²) in [7, 11) is 0. The van der Waals surface area contributed by atoms with Crippen molar-refractivity contribution in [2.45, 2.75) is 46.2 Å². The molecule has 0 aliphatic carbocycles. The molecule has 1 rings (SSSR count). The predicted molar refractivity (Wildman–Crippen MR) is 56.0 cm³/mol. The lowest BCUT2D eigenvalue weighted by atomic mass is 10.0. The van der Waals surface area contributed by atoms with Crippen molar-refractivity contribution >= 4 is 5.82 Å². The summed E-state index contributed by atoms with van der Waals surface area (Å²) in [6.45, 7) is 11.0. The quantitative estimate of drug-likeness (QED) is 0.760. The molecule has 3 heteroatoms. The van der Waals surface area contributed by atoms with Crippen LogP contribution in [-0.2, 0) is 0 Å². The number of rotatable bonds is 2. The van der Waals surface area contributed by atoms with E-state index in [0.29, 0.717) is 6.04 Å². The number of H-pyrrole nitrogens is 1. The van der Waals surface area contributed by atoms with Crippen LogP contribution in [0.15, 0.2) is 12.3 Å². The lowest BCUT2D eigenvalue weighted by molar-refractivity contribution is 0.460. The SMILES string of the molecule is CC(C)N(c1ccn[nH]1)C(C)(C)C. The second-order valence-electron chi connectivity index (χ2n) is 4.58. The number of nitrogens with one attached hydrogen (secondary N) is 1. The summed E-state index contributed by atoms with van der Waals surface area (Å²) >= 11 is 0. The minimum Gasteiger partial charge on any atom is -0.350 e. The number of aromatic nitrogens is 2. The highest BCUT2D eigenvalue weighted by Gasteiger charge is 2.24. The molecule has 1 aromatic rings. The van der Waals surface area contributed by atoms with Crippen LogP contribution in [0.25, 0.3) is 0 Å². The van der Waals surface area contributed by atoms with Crippen LogP contribution in [0.3, 0.4) is 0 Å². The first-order valence-corrected chi connectivity index (χ1v) is 4.71. The molecule has 0 spiro atoms. The highest BCUT2D eigenvalue weighted by Crippen LogP contribution is 2.23. The highest BCUT2D eigenvalue weighted by atomic mass is 15.3. The van der Waals surface area contributed by atoms with E-state index in [-0.39, 0.29) is 5.54 Å². The third kappa shape index (κ3) is 2.23. The van der Waals surface area contributed by atoms with Gasteiger partial charge in [0.2, 0.25) is 0 Å². The second kappa shape index (κ2) is 3.40. The smallest absolute Gasteiger partial charge is 0.124 e. The average molecular weight is 181 g/mol. The largest absolute Gasteiger partial charge is 0.350 e. The van der Waals surface area contributed by atoms with Gasteiger partial charge in [-0.3, -0.25) is 5.10 Å². The van der Waals surface area contributed by atoms with E-state index in [1.807, 2.05) is 6.07 Å². The number of aromatic amines is 1. The fraction of sp³-hybridized carbons (Fsp3) is 0.700. The zero-order valence-corrected chi connectivity index (χ0v) is 9.13. The predicted octanol–water partition coefficient (Wildman–Crippen LogP) is 2.42. The van der Waals surface area contributed by atoms with Crippen molar-refractivity contribution in [3.8, 4) is 0 Å². The van der Waals surface area contributed by atoms with Gasteiger partial charge in [-0.2, -0.15) is 5.10 Å². The Morgan fingerprint density at radius 1 is 1.38 bits per heavy atom. The zero-order chi connectivity index (χ0) is 10.1. The maximum atomic E-state index is 3.97. The van der Waals surface area contributed by atoms with Crippen molar-refractivity contribution in [2.24, 2.45) is 0 Å². The monoisotopic (exact) mass is 181 g/mol. The minimum atomic E-state index is 0.126. The third-order valence-electron chi connectivity index (χ3n) is 1.98. The Labute approximate surface area is 80.1 Å². The van der Waals surface area contributed by atoms with Gasteiger partial charge in [0.25, 0.3) is 0 Å². The first kappa shape index (κ1) is 10.1. The van der Waals surface area contributed by atoms with Crippen LogP contribution in [0.5, 0.6) is 0 Å². The van der Waals surface area contributed by atoms with Crippen molar-refractivity contribution in [1.82, 2.24) is 10.2 Å². The third-order valence-corrected chi connectivity index (χ3v) is 1.98. The average Bonchev–Trinajstić information content (AvgIpc) is 2.34. The molecule has 74 valence electrons. The summed E-state index contributed by atoms with van der Waals surface area (Å²) in [5.74, 6) is 1.09. The Morgan fingerprint density at radius 3 is 2.31 bits per heavy atom. The van der Waals surface area contributed by atoms with Crippen molar-refractivity contribution in [1.29, 1.82) is 0 Å². The first-order chi connectivity index (χ1) is 5.93. The van der Waals surface area contributed by atoms with Gasteiger partial charge in [0.05, 0.1) is 6.20 Å². The number of hydrogen-bond donors (Lipinski definition) is 1. The van der Waals surface area contributed by atoms with Crippen molar-refractivity contribution in [2.75, 3.05) is 4.90 Å². The molecule has 1 aromatic heterocycles. The van der Waals surface area contributed by atoms with Crippen LogP contribution in [0.4, 0.5) is 5.82 Å². The molecular weight excluding hydrogens is 162 g/mol. The number of nitrogens with zero attached hydrogens (tertiary/aromatic N) is 2. The topological polar surface area (TPSA) is 31.9 Å². The fourth-order valence-electron chi connectivity index (χ4n) is 1.80. The molecule has 0 saturated heterocycles. The van der Waals surface area contributed by atoms with E-state index in [1.54, 1.807) is 6.20 Å². The molecule has 0 amide bonds. The van der Waals surface area contributed by atoms with Crippen LogP contribution < -0.4 is 4.90 Å². The molecule has 0 radical (unpaired) electrons. The van der Waals surface area contributed by atoms with Gasteiger partial charge in [-0.15, -0.1) is 0 Å². The summed E-state index contributed by atoms with van der Waals surface area (Å²) in [5, 5.41) is 6.97. The first-order valence-electron chi connectivity index (χ1n) is 4.71. The van der Waals surface area contributed by atoms with E-state index < -0.39 is 0 Å². The van der Waals surface area contributed by atoms with Crippen molar-refractivity contribution in [3.63, 3.8) is 0 Å². The lowest BCUT2D eigenvalue weighted by Crippen LogP contribution is -2.46. The van der Waals surface area contributed by atoms with Crippen LogP contribution in [0.2, 0.25) is 0 Å². The molecule has 0 unspecified atom stereocenters. The molecule has 1 N–H and O–H groups in total. The highest BCUT2D eigenvalue weighted by molar-refractivity contribution is 5.40. The molecule has 0 aliphatic rings. The molecule has 0 aliphatic heterocycles. The Hall–Kier alpha value is -0.990. The summed E-state index contributed by atoms with van der Waals surface area (Å²) in [4.78, 5) is 2.32. The summed E-state index contributed by atoms with van der Waals surface area (Å²) in [5.41, 5.74) is 0.126. The van der Waals surface area contributed by atoms with Crippen molar-refractivity contribution in [3.05, 3.63) is 12.3 Å². The van der Waals surface area contributed by atoms with Crippen LogP contribution in [0, 0.1) is 0 Å². The number of anilines is 1. The summed E-state index contributed by atoms with van der Waals surface area (Å²) in [6.07, 6.45) is 1.79. The molecule has 3 nitrogen and oxygen atoms in total. The van der Waals surface area contributed by atoms with E-state index >= 15 is 0 Å². The molecule has 0 saturated carbocycles. The fourth-order valence-corrected chi connectivity index (χ4v) is 1.80. The second-order valence-corrected chi connectivity index (χ2v) is 4.58. The van der Waals surface area contributed by atoms with Gasteiger partial charge in [0.1, 0.15) is 5.82 Å². The standard InChI is InChI=1S/C10H19N3/c1-8(2)13(10(3,4)5)9-6-7-11-12-9/h6-8H,1-5H3,(H,11,12). The van der Waals surface area contributed by atoms with Gasteiger partial charge in [-0.05, 0) is 34.6 Å². The van der Waals surface area contributed by atoms with Gasteiger partial charge in [-0.25, -0.2) is 0 Å². The van der Waals surface area contributed by atoms with Gasteiger partial charge in [-0.1, -0.05) is 0 Å². The van der Waals surface area contributed by atoms with E-state index in [9.17, 15) is 0 Å². The molecule has 13 heavy (non-hydrogen) atoms. The van der Waals surface area contributed by atoms with Crippen LogP contribution in [0.1, 0.15) is 34.6 Å². The maximum absolute atomic E-state index is 3.97. The van der Waals surface area contributed by atoms with Crippen molar-refractivity contribution < 1.29 is 0 Å². The molecule has 0 atom stereocenters. The maximum Gasteiger partial charge on any atom is 0.124 e. The lowest BCUT2D eigenvalue weighted by Gasteiger charge is -2.39. The Bertz CT molecular complexity index is 244. The van der Waals surface area contributed by atoms with Crippen LogP contribution >= 0.6 is 0 Å². The van der Waals surface area contributed by atoms with Gasteiger partial charge in [0, 0.05) is 17.6 Å². The molecular formula is C10H19N3. The molecule has 0 fully saturated rings. The molecule has 0 bridgehead atoms. The molecule has 1 heterocycles. The Morgan fingerprint density at radius 2 is 2.00 bits per heavy atom. The van der Waals surface area contributed by atoms with E-state index in [4.69, 9.17) is 0 Å². The minimum absolute atomic E-state index is 0.126. The van der Waals surface area contributed by atoms with Gasteiger partial charge >= 0.3 is 0 Å². The van der Waals surface area contributed by atoms with E-state index in [0.717, 1.165) is 5.82 Å². The van der Waals surface area contributed by atoms with E-state index in [2.05, 4.69) is 49.7 Å². The Kier molecular flexibility index (Phi) is 2.64. The van der Waals surface area contributed by atoms with Crippen LogP contribution in [-0.4, -0.2) is 21.8 Å². The van der Waals surface area contributed by atoms with Gasteiger partial charge in [0.15, 0.2) is 0 Å². The van der Waals surface area contributed by atoms with E-state index in [1.165, 1.54) is 0 Å². The number of hydrogen-bond acceptors (Lipinski definition) is 2. The summed E-state index contributed by atoms with van der Waals surface area (Å²) in [6, 6.07) is 2.48. The summed E-state index contributed by atoms with van der Waals surface area (Å²) < 4.78 is 0. The molecule has 0 aromatic carbocycles. The Balaban J connectivity index is 2.94.